The van der Waals surface area contributed by atoms with Gasteiger partial charge in [-0.25, -0.2) is 8.42 Å². The first-order chi connectivity index (χ1) is 17.9. The number of carbonyl (C=O) groups is 2. The van der Waals surface area contributed by atoms with Gasteiger partial charge in [-0.3, -0.25) is 9.59 Å². The molecule has 0 atom stereocenters. The molecule has 4 aromatic rings. The number of benzene rings is 4. The molecule has 1 heterocycles. The van der Waals surface area contributed by atoms with Crippen LogP contribution in [0.15, 0.2) is 102 Å². The van der Waals surface area contributed by atoms with Crippen LogP contribution >= 0.6 is 0 Å². The number of piperazine rings is 1. The van der Waals surface area contributed by atoms with E-state index >= 15 is 0 Å². The SMILES string of the molecule is O=C(CS(=O)(=O)c1ccc2ccccc2c1)Nc1ccc(N2CCN(C(=O)c3ccccc3)CC2)cc1. The Bertz CT molecular complexity index is 1530. The van der Waals surface area contributed by atoms with Gasteiger partial charge in [0.25, 0.3) is 5.91 Å². The van der Waals surface area contributed by atoms with E-state index < -0.39 is 21.5 Å². The quantitative estimate of drug-likeness (QED) is 0.417. The first-order valence-corrected chi connectivity index (χ1v) is 13.7. The number of sulfone groups is 1. The number of fused-ring (bicyclic) bond motifs is 1. The molecule has 1 saturated heterocycles. The van der Waals surface area contributed by atoms with Crippen molar-refractivity contribution in [1.82, 2.24) is 4.90 Å². The van der Waals surface area contributed by atoms with Gasteiger partial charge in [0.2, 0.25) is 5.91 Å². The molecule has 0 aliphatic carbocycles. The van der Waals surface area contributed by atoms with Gasteiger partial charge in [-0.1, -0.05) is 48.5 Å². The molecule has 188 valence electrons. The van der Waals surface area contributed by atoms with Crippen molar-refractivity contribution in [3.8, 4) is 0 Å². The fourth-order valence-electron chi connectivity index (χ4n) is 4.50. The van der Waals surface area contributed by atoms with Crippen LogP contribution in [-0.2, 0) is 14.6 Å². The molecule has 37 heavy (non-hydrogen) atoms. The molecule has 1 fully saturated rings. The average Bonchev–Trinajstić information content (AvgIpc) is 2.93. The third-order valence-corrected chi connectivity index (χ3v) is 8.12. The van der Waals surface area contributed by atoms with E-state index in [1.165, 1.54) is 6.07 Å². The molecule has 0 unspecified atom stereocenters. The summed E-state index contributed by atoms with van der Waals surface area (Å²) in [5.41, 5.74) is 2.20. The van der Waals surface area contributed by atoms with E-state index in [9.17, 15) is 18.0 Å². The zero-order valence-electron chi connectivity index (χ0n) is 20.2. The van der Waals surface area contributed by atoms with Crippen LogP contribution in [0.4, 0.5) is 11.4 Å². The van der Waals surface area contributed by atoms with Crippen molar-refractivity contribution < 1.29 is 18.0 Å². The molecular formula is C29H27N3O4S. The number of carbonyl (C=O) groups excluding carboxylic acids is 2. The van der Waals surface area contributed by atoms with Crippen LogP contribution in [0.1, 0.15) is 10.4 Å². The van der Waals surface area contributed by atoms with Gasteiger partial charge in [-0.15, -0.1) is 0 Å². The Morgan fingerprint density at radius 2 is 1.38 bits per heavy atom. The maximum absolute atomic E-state index is 12.8. The largest absolute Gasteiger partial charge is 0.368 e. The molecular weight excluding hydrogens is 486 g/mol. The summed E-state index contributed by atoms with van der Waals surface area (Å²) in [6.07, 6.45) is 0. The summed E-state index contributed by atoms with van der Waals surface area (Å²) in [7, 11) is -3.78. The van der Waals surface area contributed by atoms with Crippen LogP contribution in [0, 0.1) is 0 Å². The summed E-state index contributed by atoms with van der Waals surface area (Å²) in [6.45, 7) is 2.65. The summed E-state index contributed by atoms with van der Waals surface area (Å²) < 4.78 is 25.6. The molecule has 1 aliphatic heterocycles. The monoisotopic (exact) mass is 513 g/mol. The average molecular weight is 514 g/mol. The van der Waals surface area contributed by atoms with E-state index in [2.05, 4.69) is 10.2 Å². The van der Waals surface area contributed by atoms with Crippen molar-refractivity contribution in [2.75, 3.05) is 42.1 Å². The highest BCUT2D eigenvalue weighted by molar-refractivity contribution is 7.92. The van der Waals surface area contributed by atoms with Gasteiger partial charge in [0.1, 0.15) is 5.75 Å². The van der Waals surface area contributed by atoms with Gasteiger partial charge in [0.15, 0.2) is 9.84 Å². The van der Waals surface area contributed by atoms with Crippen molar-refractivity contribution >= 4 is 43.8 Å². The molecule has 1 N–H and O–H groups in total. The number of nitrogens with one attached hydrogen (secondary N) is 1. The fraction of sp³-hybridized carbons (Fsp3) is 0.172. The van der Waals surface area contributed by atoms with E-state index in [-0.39, 0.29) is 10.8 Å². The van der Waals surface area contributed by atoms with E-state index in [4.69, 9.17) is 0 Å². The zero-order valence-corrected chi connectivity index (χ0v) is 21.0. The summed E-state index contributed by atoms with van der Waals surface area (Å²) in [4.78, 5) is 29.4. The summed E-state index contributed by atoms with van der Waals surface area (Å²) in [5, 5.41) is 4.44. The lowest BCUT2D eigenvalue weighted by molar-refractivity contribution is -0.113. The molecule has 8 heteroatoms. The van der Waals surface area contributed by atoms with E-state index in [0.717, 1.165) is 16.5 Å². The lowest BCUT2D eigenvalue weighted by atomic mass is 10.1. The van der Waals surface area contributed by atoms with Crippen LogP contribution in [-0.4, -0.2) is 57.1 Å². The molecule has 0 radical (unpaired) electrons. The highest BCUT2D eigenvalue weighted by atomic mass is 32.2. The van der Waals surface area contributed by atoms with Crippen molar-refractivity contribution in [3.63, 3.8) is 0 Å². The van der Waals surface area contributed by atoms with E-state index in [1.54, 1.807) is 24.3 Å². The van der Waals surface area contributed by atoms with Crippen molar-refractivity contribution in [2.45, 2.75) is 4.90 Å². The molecule has 5 rings (SSSR count). The predicted molar refractivity (Wildman–Crippen MR) is 146 cm³/mol. The molecule has 4 aromatic carbocycles. The number of hydrogen-bond donors (Lipinski definition) is 1. The standard InChI is InChI=1S/C29H27N3O4S/c33-28(21-37(35,36)27-15-10-22-6-4-5-9-24(22)20-27)30-25-11-13-26(14-12-25)31-16-18-32(19-17-31)29(34)23-7-2-1-3-8-23/h1-15,20H,16-19,21H2,(H,30,33). The molecule has 1 aliphatic rings. The Balaban J connectivity index is 1.16. The Morgan fingerprint density at radius 1 is 0.730 bits per heavy atom. The number of rotatable bonds is 6. The van der Waals surface area contributed by atoms with Crippen LogP contribution in [0.25, 0.3) is 10.8 Å². The second kappa shape index (κ2) is 10.4. The van der Waals surface area contributed by atoms with Crippen LogP contribution in [0.2, 0.25) is 0 Å². The lowest BCUT2D eigenvalue weighted by Gasteiger charge is -2.36. The van der Waals surface area contributed by atoms with Crippen molar-refractivity contribution in [2.24, 2.45) is 0 Å². The van der Waals surface area contributed by atoms with Crippen LogP contribution in [0.3, 0.4) is 0 Å². The molecule has 0 saturated carbocycles. The van der Waals surface area contributed by atoms with Crippen molar-refractivity contribution in [3.05, 3.63) is 103 Å². The third kappa shape index (κ3) is 5.65. The minimum atomic E-state index is -3.78. The maximum Gasteiger partial charge on any atom is 0.253 e. The second-order valence-corrected chi connectivity index (χ2v) is 11.0. The number of hydrogen-bond acceptors (Lipinski definition) is 5. The number of amides is 2. The van der Waals surface area contributed by atoms with Gasteiger partial charge < -0.3 is 15.1 Å². The Hall–Kier alpha value is -4.17. The Kier molecular flexibility index (Phi) is 6.92. The van der Waals surface area contributed by atoms with Gasteiger partial charge in [0.05, 0.1) is 4.90 Å². The highest BCUT2D eigenvalue weighted by Crippen LogP contribution is 2.22. The molecule has 2 amide bonds. The minimum absolute atomic E-state index is 0.0388. The van der Waals surface area contributed by atoms with Gasteiger partial charge in [-0.2, -0.15) is 0 Å². The summed E-state index contributed by atoms with van der Waals surface area (Å²) in [5.74, 6) is -1.18. The minimum Gasteiger partial charge on any atom is -0.368 e. The zero-order chi connectivity index (χ0) is 25.8. The number of anilines is 2. The molecule has 0 aromatic heterocycles. The molecule has 7 nitrogen and oxygen atoms in total. The maximum atomic E-state index is 12.8. The molecule has 0 bridgehead atoms. The van der Waals surface area contributed by atoms with E-state index in [1.807, 2.05) is 71.6 Å². The summed E-state index contributed by atoms with van der Waals surface area (Å²) in [6, 6.07) is 29.0. The van der Waals surface area contributed by atoms with Crippen molar-refractivity contribution in [1.29, 1.82) is 0 Å². The topological polar surface area (TPSA) is 86.8 Å². The van der Waals surface area contributed by atoms with E-state index in [0.29, 0.717) is 37.4 Å². The van der Waals surface area contributed by atoms with Crippen LogP contribution in [0.5, 0.6) is 0 Å². The normalized spacial score (nSPS) is 13.9. The second-order valence-electron chi connectivity index (χ2n) is 9.01. The lowest BCUT2D eigenvalue weighted by Crippen LogP contribution is -2.48. The fourth-order valence-corrected chi connectivity index (χ4v) is 5.67. The number of nitrogens with zero attached hydrogens (tertiary/aromatic N) is 2. The van der Waals surface area contributed by atoms with Gasteiger partial charge in [0, 0.05) is 43.1 Å². The van der Waals surface area contributed by atoms with Gasteiger partial charge >= 0.3 is 0 Å². The molecule has 0 spiro atoms. The summed E-state index contributed by atoms with van der Waals surface area (Å²) >= 11 is 0. The smallest absolute Gasteiger partial charge is 0.253 e. The Labute approximate surface area is 216 Å². The van der Waals surface area contributed by atoms with Gasteiger partial charge in [-0.05, 0) is 59.3 Å². The predicted octanol–water partition coefficient (Wildman–Crippen LogP) is 4.21. The first-order valence-electron chi connectivity index (χ1n) is 12.1. The van der Waals surface area contributed by atoms with Crippen LogP contribution < -0.4 is 10.2 Å². The first kappa shape index (κ1) is 24.5. The highest BCUT2D eigenvalue weighted by Gasteiger charge is 2.23. The Morgan fingerprint density at radius 3 is 2.08 bits per heavy atom. The third-order valence-electron chi connectivity index (χ3n) is 6.50.